The molecule has 0 bridgehead atoms. The lowest BCUT2D eigenvalue weighted by atomic mass is 9.91. The Morgan fingerprint density at radius 1 is 1.00 bits per heavy atom. The molecule has 0 amide bonds. The zero-order chi connectivity index (χ0) is 19.8. The fraction of sp³-hybridized carbons (Fsp3) is 0.130. The van der Waals surface area contributed by atoms with E-state index in [1.165, 1.54) is 0 Å². The van der Waals surface area contributed by atoms with Gasteiger partial charge in [0, 0.05) is 23.4 Å². The van der Waals surface area contributed by atoms with E-state index in [1.54, 1.807) is 29.9 Å². The van der Waals surface area contributed by atoms with Crippen molar-refractivity contribution in [2.45, 2.75) is 6.92 Å². The van der Waals surface area contributed by atoms with E-state index >= 15 is 0 Å². The zero-order valence-electron chi connectivity index (χ0n) is 15.5. The lowest BCUT2D eigenvalue weighted by Gasteiger charge is -2.07. The Labute approximate surface area is 161 Å². The van der Waals surface area contributed by atoms with Gasteiger partial charge in [-0.3, -0.25) is 14.3 Å². The summed E-state index contributed by atoms with van der Waals surface area (Å²) in [5.74, 6) is -2.50. The Kier molecular flexibility index (Phi) is 4.25. The quantitative estimate of drug-likeness (QED) is 0.399. The van der Waals surface area contributed by atoms with Gasteiger partial charge in [0.25, 0.3) is 0 Å². The van der Waals surface area contributed by atoms with Crippen LogP contribution in [-0.2, 0) is 7.05 Å². The number of rotatable bonds is 4. The molecule has 1 aromatic heterocycles. The number of fused-ring (bicyclic) bond motifs is 3. The lowest BCUT2D eigenvalue weighted by Crippen LogP contribution is -2.23. The Morgan fingerprint density at radius 2 is 1.79 bits per heavy atom. The van der Waals surface area contributed by atoms with Crippen LogP contribution in [0.2, 0.25) is 0 Å². The van der Waals surface area contributed by atoms with Gasteiger partial charge in [-0.2, -0.15) is 10.4 Å². The van der Waals surface area contributed by atoms with Gasteiger partial charge >= 0.3 is 0 Å². The summed E-state index contributed by atoms with van der Waals surface area (Å²) in [5.41, 5.74) is 2.20. The molecule has 0 N–H and O–H groups in total. The van der Waals surface area contributed by atoms with Crippen LogP contribution in [0.3, 0.4) is 0 Å². The van der Waals surface area contributed by atoms with Crippen LogP contribution in [0.15, 0.2) is 60.7 Å². The molecule has 0 aliphatic rings. The number of hydrogen-bond donors (Lipinski definition) is 0. The number of carbonyl (C=O) groups is 2. The fourth-order valence-corrected chi connectivity index (χ4v) is 3.57. The smallest absolute Gasteiger partial charge is 0.208 e. The number of Topliss-reactive ketones (excluding diaryl/α,β-unsaturated/α-hetero) is 2. The van der Waals surface area contributed by atoms with Crippen LogP contribution in [0.25, 0.3) is 21.7 Å². The van der Waals surface area contributed by atoms with Gasteiger partial charge in [0.15, 0.2) is 11.7 Å². The average molecular weight is 367 g/mol. The van der Waals surface area contributed by atoms with Crippen molar-refractivity contribution in [3.8, 4) is 6.07 Å². The highest BCUT2D eigenvalue weighted by molar-refractivity contribution is 6.22. The van der Waals surface area contributed by atoms with Gasteiger partial charge < -0.3 is 0 Å². The molecule has 0 aliphatic heterocycles. The second-order valence-corrected chi connectivity index (χ2v) is 6.82. The minimum absolute atomic E-state index is 0.149. The molecular weight excluding hydrogens is 350 g/mol. The maximum atomic E-state index is 13.1. The summed E-state index contributed by atoms with van der Waals surface area (Å²) >= 11 is 0. The monoisotopic (exact) mass is 367 g/mol. The topological polar surface area (TPSA) is 75.8 Å². The number of nitriles is 1. The molecule has 28 heavy (non-hydrogen) atoms. The summed E-state index contributed by atoms with van der Waals surface area (Å²) in [6.07, 6.45) is 0. The molecule has 5 nitrogen and oxygen atoms in total. The Hall–Kier alpha value is -3.78. The van der Waals surface area contributed by atoms with E-state index in [-0.39, 0.29) is 5.69 Å². The Bertz CT molecular complexity index is 1290. The van der Waals surface area contributed by atoms with E-state index < -0.39 is 17.5 Å². The van der Waals surface area contributed by atoms with Gasteiger partial charge in [-0.15, -0.1) is 0 Å². The summed E-state index contributed by atoms with van der Waals surface area (Å²) in [4.78, 5) is 25.9. The largest absolute Gasteiger partial charge is 0.292 e. The van der Waals surface area contributed by atoms with Crippen LogP contribution in [0.5, 0.6) is 0 Å². The van der Waals surface area contributed by atoms with E-state index in [4.69, 9.17) is 0 Å². The first kappa shape index (κ1) is 17.6. The highest BCUT2D eigenvalue weighted by Gasteiger charge is 2.32. The van der Waals surface area contributed by atoms with Crippen molar-refractivity contribution in [3.63, 3.8) is 0 Å². The molecule has 0 saturated carbocycles. The molecule has 5 heteroatoms. The molecule has 0 spiro atoms. The molecule has 1 atom stereocenters. The van der Waals surface area contributed by atoms with Gasteiger partial charge in [0.1, 0.15) is 5.69 Å². The third kappa shape index (κ3) is 2.76. The van der Waals surface area contributed by atoms with Crippen LogP contribution in [0, 0.1) is 24.2 Å². The first-order valence-electron chi connectivity index (χ1n) is 8.90. The SMILES string of the molecule is Cc1cccc(C(=O)C(C#N)C(=O)c2nn(C)c3c2ccc2ccccc23)c1. The van der Waals surface area contributed by atoms with Crippen LogP contribution < -0.4 is 0 Å². The molecule has 0 radical (unpaired) electrons. The summed E-state index contributed by atoms with van der Waals surface area (Å²) in [7, 11) is 1.76. The van der Waals surface area contributed by atoms with Gasteiger partial charge in [-0.1, -0.05) is 54.1 Å². The minimum atomic E-state index is -1.42. The molecule has 0 saturated heterocycles. The van der Waals surface area contributed by atoms with Crippen LogP contribution >= 0.6 is 0 Å². The van der Waals surface area contributed by atoms with Crippen LogP contribution in [0.1, 0.15) is 26.4 Å². The van der Waals surface area contributed by atoms with Crippen molar-refractivity contribution < 1.29 is 9.59 Å². The Morgan fingerprint density at radius 3 is 2.54 bits per heavy atom. The molecule has 4 rings (SSSR count). The van der Waals surface area contributed by atoms with Crippen molar-refractivity contribution in [2.24, 2.45) is 13.0 Å². The highest BCUT2D eigenvalue weighted by Crippen LogP contribution is 2.29. The molecule has 0 fully saturated rings. The van der Waals surface area contributed by atoms with E-state index in [0.717, 1.165) is 21.9 Å². The summed E-state index contributed by atoms with van der Waals surface area (Å²) in [6, 6.07) is 20.4. The van der Waals surface area contributed by atoms with Crippen LogP contribution in [-0.4, -0.2) is 21.3 Å². The fourth-order valence-electron chi connectivity index (χ4n) is 3.57. The van der Waals surface area contributed by atoms with Crippen molar-refractivity contribution in [1.29, 1.82) is 5.26 Å². The third-order valence-corrected chi connectivity index (χ3v) is 4.92. The number of nitrogens with zero attached hydrogens (tertiary/aromatic N) is 3. The normalized spacial score (nSPS) is 12.0. The predicted octanol–water partition coefficient (Wildman–Crippen LogP) is 4.24. The summed E-state index contributed by atoms with van der Waals surface area (Å²) < 4.78 is 1.64. The third-order valence-electron chi connectivity index (χ3n) is 4.92. The van der Waals surface area contributed by atoms with Gasteiger partial charge in [-0.05, 0) is 24.4 Å². The van der Waals surface area contributed by atoms with E-state index in [1.807, 2.05) is 55.5 Å². The van der Waals surface area contributed by atoms with Crippen LogP contribution in [0.4, 0.5) is 0 Å². The number of carbonyl (C=O) groups excluding carboxylic acids is 2. The average Bonchev–Trinajstić information content (AvgIpc) is 3.05. The molecule has 1 unspecified atom stereocenters. The maximum absolute atomic E-state index is 13.1. The standard InChI is InChI=1S/C23H17N3O2/c1-14-6-5-8-16(12-14)22(27)19(13-24)23(28)20-18-11-10-15-7-3-4-9-17(15)21(18)26(2)25-20/h3-12,19H,1-2H3. The van der Waals surface area contributed by atoms with Crippen molar-refractivity contribution in [1.82, 2.24) is 9.78 Å². The first-order chi connectivity index (χ1) is 13.5. The summed E-state index contributed by atoms with van der Waals surface area (Å²) in [5, 5.41) is 16.6. The second kappa shape index (κ2) is 6.75. The molecule has 4 aromatic rings. The molecule has 1 heterocycles. The van der Waals surface area contributed by atoms with Crippen molar-refractivity contribution in [3.05, 3.63) is 77.5 Å². The predicted molar refractivity (Wildman–Crippen MR) is 107 cm³/mol. The molecular formula is C23H17N3O2. The zero-order valence-corrected chi connectivity index (χ0v) is 15.5. The van der Waals surface area contributed by atoms with Crippen molar-refractivity contribution >= 4 is 33.2 Å². The van der Waals surface area contributed by atoms with Crippen molar-refractivity contribution in [2.75, 3.05) is 0 Å². The number of hydrogen-bond acceptors (Lipinski definition) is 4. The Balaban J connectivity index is 1.83. The summed E-state index contributed by atoms with van der Waals surface area (Å²) in [6.45, 7) is 1.86. The van der Waals surface area contributed by atoms with E-state index in [2.05, 4.69) is 5.10 Å². The maximum Gasteiger partial charge on any atom is 0.208 e. The number of benzene rings is 3. The molecule has 0 aliphatic carbocycles. The second-order valence-electron chi connectivity index (χ2n) is 6.82. The first-order valence-corrected chi connectivity index (χ1v) is 8.90. The van der Waals surface area contributed by atoms with Gasteiger partial charge in [0.2, 0.25) is 5.78 Å². The number of ketones is 2. The van der Waals surface area contributed by atoms with E-state index in [9.17, 15) is 14.9 Å². The minimum Gasteiger partial charge on any atom is -0.292 e. The van der Waals surface area contributed by atoms with Gasteiger partial charge in [0.05, 0.1) is 11.6 Å². The molecule has 136 valence electrons. The van der Waals surface area contributed by atoms with E-state index in [0.29, 0.717) is 10.9 Å². The van der Waals surface area contributed by atoms with Gasteiger partial charge in [-0.25, -0.2) is 0 Å². The highest BCUT2D eigenvalue weighted by atomic mass is 16.2. The number of aryl methyl sites for hydroxylation is 2. The lowest BCUT2D eigenvalue weighted by molar-refractivity contribution is 0.0843. The molecule has 3 aromatic carbocycles. The number of aromatic nitrogens is 2.